The molecule has 0 fully saturated rings. The number of ether oxygens (including phenoxy) is 1. The minimum absolute atomic E-state index is 0. The average molecular weight is 367 g/mol. The number of rotatable bonds is 5. The van der Waals surface area contributed by atoms with Crippen LogP contribution in [0.5, 0.6) is 5.75 Å². The summed E-state index contributed by atoms with van der Waals surface area (Å²) in [6, 6.07) is 13.5. The third-order valence-electron chi connectivity index (χ3n) is 3.80. The summed E-state index contributed by atoms with van der Waals surface area (Å²) in [6.07, 6.45) is 1.18. The van der Waals surface area contributed by atoms with Gasteiger partial charge in [-0.25, -0.2) is 15.0 Å². The van der Waals surface area contributed by atoms with E-state index in [0.29, 0.717) is 12.3 Å². The lowest BCUT2D eigenvalue weighted by atomic mass is 10.0. The molecule has 0 unspecified atom stereocenters. The predicted octanol–water partition coefficient (Wildman–Crippen LogP) is 3.81. The molecular formula is C19H21N5OS. The molecule has 0 saturated carbocycles. The first-order chi connectivity index (χ1) is 12.6. The monoisotopic (exact) mass is 367 g/mol. The lowest BCUT2D eigenvalue weighted by molar-refractivity contribution is 0.414. The van der Waals surface area contributed by atoms with E-state index >= 15 is 0 Å². The number of hydrogen-bond acceptors (Lipinski definition) is 5. The Bertz CT molecular complexity index is 979. The lowest BCUT2D eigenvalue weighted by Gasteiger charge is -2.07. The number of fused-ring (bicyclic) bond motifs is 1. The second kappa shape index (κ2) is 7.88. The van der Waals surface area contributed by atoms with Gasteiger partial charge < -0.3 is 15.9 Å². The summed E-state index contributed by atoms with van der Waals surface area (Å²) >= 11 is 1.59. The second-order valence-corrected chi connectivity index (χ2v) is 6.69. The van der Waals surface area contributed by atoms with E-state index < -0.39 is 0 Å². The molecule has 0 radical (unpaired) electrons. The van der Waals surface area contributed by atoms with Gasteiger partial charge in [-0.1, -0.05) is 12.1 Å². The first-order valence-electron chi connectivity index (χ1n) is 7.99. The molecule has 0 aliphatic heterocycles. The molecule has 0 saturated heterocycles. The molecule has 2 aromatic carbocycles. The summed E-state index contributed by atoms with van der Waals surface area (Å²) in [5.74, 6) is 0.881. The Labute approximate surface area is 157 Å². The molecule has 26 heavy (non-hydrogen) atoms. The highest BCUT2D eigenvalue weighted by Crippen LogP contribution is 2.22. The fraction of sp³-hybridized carbons (Fsp3) is 0.158. The van der Waals surface area contributed by atoms with Crippen molar-refractivity contribution in [2.75, 3.05) is 7.11 Å². The number of guanidine groups is 1. The Hall–Kier alpha value is -3.06. The van der Waals surface area contributed by atoms with Crippen molar-refractivity contribution < 1.29 is 6.16 Å². The standard InChI is InChI=1S/C19H19N5OS.H2/c1-12-9-13(25-2)7-8-14(12)16(10-20)24-19(21)22-11-18-23-15-5-3-4-6-17(15)26-18;/h3-10,20H,11H2,1-2H3,(H2,21,22);1H/b20-10?,24-16+;. The summed E-state index contributed by atoms with van der Waals surface area (Å²) in [7, 11) is 1.62. The van der Waals surface area contributed by atoms with Gasteiger partial charge in [-0.2, -0.15) is 0 Å². The van der Waals surface area contributed by atoms with Crippen LogP contribution in [-0.2, 0) is 6.54 Å². The van der Waals surface area contributed by atoms with Crippen LogP contribution >= 0.6 is 11.3 Å². The van der Waals surface area contributed by atoms with E-state index in [1.54, 1.807) is 18.4 Å². The summed E-state index contributed by atoms with van der Waals surface area (Å²) in [4.78, 5) is 13.1. The third kappa shape index (κ3) is 3.94. The maximum atomic E-state index is 7.65. The van der Waals surface area contributed by atoms with Crippen LogP contribution < -0.4 is 10.5 Å². The molecule has 6 nitrogen and oxygen atoms in total. The molecule has 1 heterocycles. The Morgan fingerprint density at radius 2 is 2.15 bits per heavy atom. The Kier molecular flexibility index (Phi) is 5.38. The van der Waals surface area contributed by atoms with Gasteiger partial charge in [-0.05, 0) is 42.8 Å². The van der Waals surface area contributed by atoms with Crippen molar-refractivity contribution in [2.24, 2.45) is 15.7 Å². The van der Waals surface area contributed by atoms with Gasteiger partial charge in [0.05, 0.1) is 29.6 Å². The van der Waals surface area contributed by atoms with Gasteiger partial charge in [0.1, 0.15) is 10.8 Å². The van der Waals surface area contributed by atoms with Crippen molar-refractivity contribution in [1.82, 2.24) is 4.98 Å². The number of thiazole rings is 1. The predicted molar refractivity (Wildman–Crippen MR) is 110 cm³/mol. The molecular weight excluding hydrogens is 346 g/mol. The first-order valence-corrected chi connectivity index (χ1v) is 8.81. The van der Waals surface area contributed by atoms with E-state index in [2.05, 4.69) is 15.0 Å². The maximum absolute atomic E-state index is 7.65. The van der Waals surface area contributed by atoms with Crippen LogP contribution in [0.15, 0.2) is 52.4 Å². The van der Waals surface area contributed by atoms with Gasteiger partial charge >= 0.3 is 0 Å². The van der Waals surface area contributed by atoms with Crippen LogP contribution in [0.2, 0.25) is 0 Å². The first kappa shape index (κ1) is 17.8. The van der Waals surface area contributed by atoms with E-state index in [-0.39, 0.29) is 7.39 Å². The molecule has 0 aliphatic carbocycles. The number of aliphatic imine (C=N–C) groups is 2. The van der Waals surface area contributed by atoms with Gasteiger partial charge in [-0.15, -0.1) is 11.3 Å². The number of aryl methyl sites for hydroxylation is 1. The highest BCUT2D eigenvalue weighted by molar-refractivity contribution is 7.18. The fourth-order valence-corrected chi connectivity index (χ4v) is 3.41. The lowest BCUT2D eigenvalue weighted by Crippen LogP contribution is -2.15. The third-order valence-corrected chi connectivity index (χ3v) is 4.82. The number of aromatic nitrogens is 1. The van der Waals surface area contributed by atoms with E-state index in [1.807, 2.05) is 49.4 Å². The van der Waals surface area contributed by atoms with Crippen molar-refractivity contribution in [3.8, 4) is 5.75 Å². The van der Waals surface area contributed by atoms with Crippen LogP contribution in [0.3, 0.4) is 0 Å². The number of methoxy groups -OCH3 is 1. The van der Waals surface area contributed by atoms with Gasteiger partial charge in [0.2, 0.25) is 5.96 Å². The molecule has 3 aromatic rings. The van der Waals surface area contributed by atoms with Crippen LogP contribution in [0.4, 0.5) is 0 Å². The molecule has 3 N–H and O–H groups in total. The molecule has 7 heteroatoms. The molecule has 0 atom stereocenters. The van der Waals surface area contributed by atoms with Crippen molar-refractivity contribution in [3.05, 3.63) is 58.6 Å². The number of nitrogens with two attached hydrogens (primary N) is 1. The molecule has 1 aromatic heterocycles. The number of hydrogen-bond donors (Lipinski definition) is 2. The Morgan fingerprint density at radius 3 is 2.85 bits per heavy atom. The minimum atomic E-state index is 0. The van der Waals surface area contributed by atoms with Crippen LogP contribution in [0, 0.1) is 12.3 Å². The number of benzene rings is 2. The quantitative estimate of drug-likeness (QED) is 0.530. The molecule has 3 rings (SSSR count). The van der Waals surface area contributed by atoms with Crippen molar-refractivity contribution in [2.45, 2.75) is 13.5 Å². The van der Waals surface area contributed by atoms with Crippen LogP contribution in [0.25, 0.3) is 10.2 Å². The maximum Gasteiger partial charge on any atom is 0.216 e. The normalized spacial score (nSPS) is 12.4. The van der Waals surface area contributed by atoms with E-state index in [9.17, 15) is 0 Å². The van der Waals surface area contributed by atoms with Gasteiger partial charge in [0, 0.05) is 13.2 Å². The Balaban J connectivity index is 0.00000261. The molecule has 0 aliphatic rings. The number of nitrogens with one attached hydrogen (secondary N) is 1. The summed E-state index contributed by atoms with van der Waals surface area (Å²) in [6.45, 7) is 2.30. The SMILES string of the molecule is COc1ccc(/C(C=N)=N/C(N)=NCc2nc3ccccc3s2)c(C)c1.[HH]. The largest absolute Gasteiger partial charge is 0.497 e. The van der Waals surface area contributed by atoms with Crippen LogP contribution in [-0.4, -0.2) is 30.0 Å². The smallest absolute Gasteiger partial charge is 0.216 e. The van der Waals surface area contributed by atoms with E-state index in [0.717, 1.165) is 32.1 Å². The summed E-state index contributed by atoms with van der Waals surface area (Å²) in [5, 5.41) is 8.52. The summed E-state index contributed by atoms with van der Waals surface area (Å²) in [5.41, 5.74) is 9.13. The molecule has 0 spiro atoms. The topological polar surface area (TPSA) is 96.7 Å². The Morgan fingerprint density at radius 1 is 1.35 bits per heavy atom. The van der Waals surface area contributed by atoms with E-state index in [1.165, 1.54) is 6.21 Å². The number of para-hydroxylation sites is 1. The zero-order valence-corrected chi connectivity index (χ0v) is 15.4. The van der Waals surface area contributed by atoms with Crippen LogP contribution in [0.1, 0.15) is 17.6 Å². The highest BCUT2D eigenvalue weighted by atomic mass is 32.1. The van der Waals surface area contributed by atoms with Gasteiger partial charge in [0.15, 0.2) is 0 Å². The molecule has 0 bridgehead atoms. The second-order valence-electron chi connectivity index (χ2n) is 5.57. The zero-order chi connectivity index (χ0) is 18.5. The van der Waals surface area contributed by atoms with E-state index in [4.69, 9.17) is 15.9 Å². The molecule has 0 amide bonds. The van der Waals surface area contributed by atoms with Crippen molar-refractivity contribution in [3.63, 3.8) is 0 Å². The van der Waals surface area contributed by atoms with Gasteiger partial charge in [-0.3, -0.25) is 0 Å². The van der Waals surface area contributed by atoms with Crippen molar-refractivity contribution >= 4 is 39.4 Å². The fourth-order valence-electron chi connectivity index (χ4n) is 2.52. The van der Waals surface area contributed by atoms with Crippen molar-refractivity contribution in [1.29, 1.82) is 5.41 Å². The van der Waals surface area contributed by atoms with Gasteiger partial charge in [0.25, 0.3) is 0 Å². The average Bonchev–Trinajstić information content (AvgIpc) is 3.07. The highest BCUT2D eigenvalue weighted by Gasteiger charge is 2.07. The molecule has 134 valence electrons. The zero-order valence-electron chi connectivity index (χ0n) is 14.6. The minimum Gasteiger partial charge on any atom is -0.497 e. The summed E-state index contributed by atoms with van der Waals surface area (Å²) < 4.78 is 6.33. The number of nitrogens with zero attached hydrogens (tertiary/aromatic N) is 3.